The van der Waals surface area contributed by atoms with E-state index in [0.29, 0.717) is 11.3 Å². The fraction of sp³-hybridized carbons (Fsp3) is 0.333. The first-order chi connectivity index (χ1) is 12.7. The number of carbonyl (C=O) groups excluding carboxylic acids is 2. The molecule has 0 aliphatic heterocycles. The largest absolute Gasteiger partial charge is 0.497 e. The van der Waals surface area contributed by atoms with Crippen LogP contribution in [0.2, 0.25) is 5.02 Å². The monoisotopic (exact) mass is 394 g/mol. The number of esters is 1. The fourth-order valence-electron chi connectivity index (χ4n) is 2.34. The van der Waals surface area contributed by atoms with Gasteiger partial charge in [-0.25, -0.2) is 4.79 Å². The van der Waals surface area contributed by atoms with Gasteiger partial charge >= 0.3 is 11.7 Å². The van der Waals surface area contributed by atoms with Gasteiger partial charge < -0.3 is 9.47 Å². The van der Waals surface area contributed by atoms with Crippen LogP contribution in [-0.2, 0) is 30.2 Å². The van der Waals surface area contributed by atoms with Crippen molar-refractivity contribution in [3.05, 3.63) is 61.4 Å². The molecule has 1 aromatic carbocycles. The van der Waals surface area contributed by atoms with E-state index in [1.54, 1.807) is 6.07 Å². The second kappa shape index (κ2) is 8.68. The smallest absolute Gasteiger partial charge is 0.330 e. The molecule has 0 radical (unpaired) electrons. The molecule has 9 heteroatoms. The van der Waals surface area contributed by atoms with Crippen LogP contribution in [0.3, 0.4) is 0 Å². The van der Waals surface area contributed by atoms with Crippen molar-refractivity contribution in [1.82, 2.24) is 9.13 Å². The number of aromatic nitrogens is 2. The molecule has 0 aliphatic carbocycles. The molecule has 1 aromatic heterocycles. The molecular weight excluding hydrogens is 376 g/mol. The van der Waals surface area contributed by atoms with Crippen molar-refractivity contribution in [3.8, 4) is 5.75 Å². The highest BCUT2D eigenvalue weighted by Gasteiger charge is 2.15. The Hall–Kier alpha value is -2.87. The lowest BCUT2D eigenvalue weighted by Gasteiger charge is -2.10. The lowest BCUT2D eigenvalue weighted by Crippen LogP contribution is -2.38. The van der Waals surface area contributed by atoms with Crippen molar-refractivity contribution >= 4 is 23.4 Å². The molecule has 2 aromatic rings. The van der Waals surface area contributed by atoms with Gasteiger partial charge in [0.25, 0.3) is 5.56 Å². The van der Waals surface area contributed by atoms with Gasteiger partial charge in [-0.1, -0.05) is 11.6 Å². The van der Waals surface area contributed by atoms with Crippen molar-refractivity contribution in [2.75, 3.05) is 7.11 Å². The quantitative estimate of drug-likeness (QED) is 0.521. The molecule has 0 spiro atoms. The molecular formula is C18H19ClN2O6. The minimum Gasteiger partial charge on any atom is -0.497 e. The molecule has 0 amide bonds. The summed E-state index contributed by atoms with van der Waals surface area (Å²) in [4.78, 5) is 47.6. The van der Waals surface area contributed by atoms with E-state index in [9.17, 15) is 19.2 Å². The van der Waals surface area contributed by atoms with Gasteiger partial charge in [-0.3, -0.25) is 23.5 Å². The van der Waals surface area contributed by atoms with Crippen molar-refractivity contribution in [2.24, 2.45) is 14.1 Å². The summed E-state index contributed by atoms with van der Waals surface area (Å²) in [6, 6.07) is 5.87. The summed E-state index contributed by atoms with van der Waals surface area (Å²) in [5.74, 6) is -0.405. The van der Waals surface area contributed by atoms with Crippen molar-refractivity contribution in [2.45, 2.75) is 19.4 Å². The average Bonchev–Trinajstić information content (AvgIpc) is 2.65. The predicted octanol–water partition coefficient (Wildman–Crippen LogP) is 1.45. The Kier molecular flexibility index (Phi) is 6.57. The van der Waals surface area contributed by atoms with E-state index in [-0.39, 0.29) is 35.9 Å². The number of benzene rings is 1. The summed E-state index contributed by atoms with van der Waals surface area (Å²) in [6.07, 6.45) is -0.236. The zero-order valence-electron chi connectivity index (χ0n) is 15.2. The molecule has 0 saturated heterocycles. The minimum absolute atomic E-state index is 0.0830. The van der Waals surface area contributed by atoms with Gasteiger partial charge in [0.05, 0.1) is 24.2 Å². The molecule has 0 N–H and O–H groups in total. The van der Waals surface area contributed by atoms with E-state index in [4.69, 9.17) is 21.1 Å². The zero-order chi connectivity index (χ0) is 20.1. The highest BCUT2D eigenvalue weighted by molar-refractivity contribution is 6.34. The Morgan fingerprint density at radius 1 is 1.07 bits per heavy atom. The Balaban J connectivity index is 1.94. The normalized spacial score (nSPS) is 10.5. The Morgan fingerprint density at radius 2 is 1.78 bits per heavy atom. The van der Waals surface area contributed by atoms with Crippen LogP contribution >= 0.6 is 11.6 Å². The number of Topliss-reactive ketones (excluding diaryl/α,β-unsaturated/α-hetero) is 1. The summed E-state index contributed by atoms with van der Waals surface area (Å²) in [5.41, 5.74) is -0.452. The van der Waals surface area contributed by atoms with Crippen LogP contribution in [0.5, 0.6) is 5.75 Å². The SMILES string of the molecule is COc1ccc(C(=O)CCC(=O)OCc2cc(=O)n(C)c(=O)n2C)c(Cl)c1. The summed E-state index contributed by atoms with van der Waals surface area (Å²) < 4.78 is 12.2. The standard InChI is InChI=1S/C18H19ClN2O6/c1-20-11(8-16(23)21(2)18(20)25)10-27-17(24)7-6-15(22)13-5-4-12(26-3)9-14(13)19/h4-5,8-9H,6-7,10H2,1-3H3. The molecule has 144 valence electrons. The van der Waals surface area contributed by atoms with E-state index in [1.807, 2.05) is 0 Å². The third kappa shape index (κ3) is 4.85. The molecule has 2 rings (SSSR count). The number of nitrogens with zero attached hydrogens (tertiary/aromatic N) is 2. The summed E-state index contributed by atoms with van der Waals surface area (Å²) >= 11 is 6.04. The third-order valence-corrected chi connectivity index (χ3v) is 4.35. The van der Waals surface area contributed by atoms with E-state index >= 15 is 0 Å². The van der Waals surface area contributed by atoms with Crippen LogP contribution in [0.15, 0.2) is 33.9 Å². The third-order valence-electron chi connectivity index (χ3n) is 4.04. The first-order valence-corrected chi connectivity index (χ1v) is 8.40. The molecule has 0 fully saturated rings. The molecule has 0 aliphatic rings. The number of halogens is 1. The van der Waals surface area contributed by atoms with Crippen molar-refractivity contribution < 1.29 is 19.1 Å². The number of hydrogen-bond donors (Lipinski definition) is 0. The molecule has 0 bridgehead atoms. The van der Waals surface area contributed by atoms with Crippen LogP contribution in [0.25, 0.3) is 0 Å². The first kappa shape index (κ1) is 20.4. The molecule has 8 nitrogen and oxygen atoms in total. The van der Waals surface area contributed by atoms with E-state index in [1.165, 1.54) is 44.0 Å². The van der Waals surface area contributed by atoms with Gasteiger partial charge in [0, 0.05) is 32.1 Å². The van der Waals surface area contributed by atoms with Crippen LogP contribution < -0.4 is 16.0 Å². The summed E-state index contributed by atoms with van der Waals surface area (Å²) in [7, 11) is 4.32. The number of ether oxygens (including phenoxy) is 2. The maximum atomic E-state index is 12.2. The van der Waals surface area contributed by atoms with Crippen molar-refractivity contribution in [3.63, 3.8) is 0 Å². The van der Waals surface area contributed by atoms with Crippen LogP contribution in [0.4, 0.5) is 0 Å². The highest BCUT2D eigenvalue weighted by atomic mass is 35.5. The highest BCUT2D eigenvalue weighted by Crippen LogP contribution is 2.23. The van der Waals surface area contributed by atoms with Gasteiger partial charge in [-0.2, -0.15) is 0 Å². The van der Waals surface area contributed by atoms with Crippen LogP contribution in [-0.4, -0.2) is 28.0 Å². The molecule has 0 unspecified atom stereocenters. The second-order valence-electron chi connectivity index (χ2n) is 5.80. The fourth-order valence-corrected chi connectivity index (χ4v) is 2.62. The van der Waals surface area contributed by atoms with Crippen LogP contribution in [0, 0.1) is 0 Å². The number of rotatable bonds is 7. The Labute approximate surface area is 159 Å². The van der Waals surface area contributed by atoms with Gasteiger partial charge in [0.1, 0.15) is 12.4 Å². The van der Waals surface area contributed by atoms with Gasteiger partial charge in [-0.15, -0.1) is 0 Å². The molecule has 27 heavy (non-hydrogen) atoms. The number of methoxy groups -OCH3 is 1. The van der Waals surface area contributed by atoms with Gasteiger partial charge in [0.15, 0.2) is 5.78 Å². The topological polar surface area (TPSA) is 96.6 Å². The first-order valence-electron chi connectivity index (χ1n) is 8.03. The average molecular weight is 395 g/mol. The maximum Gasteiger partial charge on any atom is 0.330 e. The molecule has 1 heterocycles. The number of hydrogen-bond acceptors (Lipinski definition) is 6. The minimum atomic E-state index is -0.624. The zero-order valence-corrected chi connectivity index (χ0v) is 15.9. The lowest BCUT2D eigenvalue weighted by atomic mass is 10.1. The molecule has 0 atom stereocenters. The van der Waals surface area contributed by atoms with E-state index < -0.39 is 17.2 Å². The maximum absolute atomic E-state index is 12.2. The predicted molar refractivity (Wildman–Crippen MR) is 98.3 cm³/mol. The van der Waals surface area contributed by atoms with Gasteiger partial charge in [0.2, 0.25) is 0 Å². The van der Waals surface area contributed by atoms with E-state index in [2.05, 4.69) is 0 Å². The van der Waals surface area contributed by atoms with E-state index in [0.717, 1.165) is 4.57 Å². The number of ketones is 1. The van der Waals surface area contributed by atoms with Gasteiger partial charge in [-0.05, 0) is 18.2 Å². The Morgan fingerprint density at radius 3 is 2.41 bits per heavy atom. The lowest BCUT2D eigenvalue weighted by molar-refractivity contribution is -0.145. The summed E-state index contributed by atoms with van der Waals surface area (Å²) in [5, 5.41) is 0.239. The summed E-state index contributed by atoms with van der Waals surface area (Å²) in [6.45, 7) is -0.238. The van der Waals surface area contributed by atoms with Crippen LogP contribution in [0.1, 0.15) is 28.9 Å². The number of carbonyl (C=O) groups is 2. The second-order valence-corrected chi connectivity index (χ2v) is 6.21. The Bertz CT molecular complexity index is 992. The molecule has 0 saturated carbocycles. The van der Waals surface area contributed by atoms with Crippen molar-refractivity contribution in [1.29, 1.82) is 0 Å².